The summed E-state index contributed by atoms with van der Waals surface area (Å²) in [6, 6.07) is 9.94. The number of halogens is 1. The summed E-state index contributed by atoms with van der Waals surface area (Å²) in [5, 5.41) is 6.31. The molecule has 3 amide bonds. The van der Waals surface area contributed by atoms with E-state index in [0.717, 1.165) is 37.8 Å². The summed E-state index contributed by atoms with van der Waals surface area (Å²) in [4.78, 5) is 47.6. The number of piperidine rings is 1. The van der Waals surface area contributed by atoms with Gasteiger partial charge in [0.2, 0.25) is 5.91 Å². The molecule has 0 saturated carbocycles. The van der Waals surface area contributed by atoms with E-state index in [9.17, 15) is 14.4 Å². The van der Waals surface area contributed by atoms with Crippen LogP contribution in [0, 0.1) is 5.92 Å². The molecule has 4 N–H and O–H groups in total. The zero-order valence-electron chi connectivity index (χ0n) is 22.6. The number of urea groups is 1. The number of hydrogen-bond donors (Lipinski definition) is 3. The van der Waals surface area contributed by atoms with Crippen molar-refractivity contribution in [3.05, 3.63) is 52.6 Å². The second-order valence-electron chi connectivity index (χ2n) is 11.2. The van der Waals surface area contributed by atoms with Crippen molar-refractivity contribution in [3.8, 4) is 5.69 Å². The Morgan fingerprint density at radius 2 is 1.74 bits per heavy atom. The van der Waals surface area contributed by atoms with Crippen LogP contribution in [0.4, 0.5) is 10.6 Å². The summed E-state index contributed by atoms with van der Waals surface area (Å²) in [5.41, 5.74) is 6.45. The molecule has 39 heavy (non-hydrogen) atoms. The Kier molecular flexibility index (Phi) is 8.95. The quantitative estimate of drug-likeness (QED) is 0.504. The SMILES string of the molecule is CC(C)(N)C(=O)N1CCN(C(=O)Nc2ccn(-c3ccc(CN4CC[C@H]5NCC[C@H]5C4)cc3)c(=O)n2)CC1.Cl. The maximum atomic E-state index is 12.7. The Hall–Kier alpha value is -2.99. The van der Waals surface area contributed by atoms with Gasteiger partial charge in [0.05, 0.1) is 11.2 Å². The van der Waals surface area contributed by atoms with Crippen molar-refractivity contribution in [3.63, 3.8) is 0 Å². The predicted octanol–water partition coefficient (Wildman–Crippen LogP) is 1.25. The van der Waals surface area contributed by atoms with Gasteiger partial charge < -0.3 is 20.9 Å². The number of likely N-dealkylation sites (tertiary alicyclic amines) is 1. The van der Waals surface area contributed by atoms with Gasteiger partial charge in [0, 0.05) is 51.5 Å². The average Bonchev–Trinajstić information content (AvgIpc) is 3.36. The molecule has 3 fully saturated rings. The van der Waals surface area contributed by atoms with E-state index < -0.39 is 11.2 Å². The molecule has 5 rings (SSSR count). The molecule has 1 aromatic heterocycles. The number of hydrogen-bond acceptors (Lipinski definition) is 7. The topological polar surface area (TPSA) is 129 Å². The minimum Gasteiger partial charge on any atom is -0.338 e. The number of nitrogens with zero attached hydrogens (tertiary/aromatic N) is 5. The molecule has 3 aliphatic rings. The van der Waals surface area contributed by atoms with E-state index in [1.165, 1.54) is 23.0 Å². The Balaban J connectivity index is 0.00000353. The summed E-state index contributed by atoms with van der Waals surface area (Å²) in [6.45, 7) is 9.22. The molecule has 3 saturated heterocycles. The molecule has 3 aliphatic heterocycles. The van der Waals surface area contributed by atoms with Crippen LogP contribution in [-0.4, -0.2) is 93.6 Å². The maximum absolute atomic E-state index is 12.7. The largest absolute Gasteiger partial charge is 0.354 e. The average molecular weight is 559 g/mol. The number of piperazine rings is 1. The van der Waals surface area contributed by atoms with Gasteiger partial charge in [-0.15, -0.1) is 12.4 Å². The summed E-state index contributed by atoms with van der Waals surface area (Å²) in [7, 11) is 0. The standard InChI is InChI=1S/C27H38N8O3.ClH/c1-27(2,28)24(36)33-13-15-34(16-14-33)25(37)30-23-9-12-35(26(38)31-23)21-5-3-19(4-6-21)17-32-11-8-22-20(18-32)7-10-29-22;/h3-6,9,12,20,22,29H,7-8,10-11,13-18,28H2,1-2H3,(H,30,31,37,38);1H/t20-,22+;/m0./s1. The molecule has 4 heterocycles. The number of aromatic nitrogens is 2. The molecular formula is C27H39ClN8O3. The third kappa shape index (κ3) is 6.78. The van der Waals surface area contributed by atoms with E-state index in [4.69, 9.17) is 5.73 Å². The van der Waals surface area contributed by atoms with Crippen molar-refractivity contribution in [1.29, 1.82) is 0 Å². The molecule has 2 aromatic rings. The maximum Gasteiger partial charge on any atom is 0.354 e. The Morgan fingerprint density at radius 1 is 1.05 bits per heavy atom. The number of nitrogens with two attached hydrogens (primary N) is 1. The van der Waals surface area contributed by atoms with E-state index >= 15 is 0 Å². The Morgan fingerprint density at radius 3 is 2.41 bits per heavy atom. The van der Waals surface area contributed by atoms with Gasteiger partial charge in [0.15, 0.2) is 0 Å². The molecule has 11 nitrogen and oxygen atoms in total. The van der Waals surface area contributed by atoms with Crippen LogP contribution in [0.2, 0.25) is 0 Å². The molecule has 12 heteroatoms. The van der Waals surface area contributed by atoms with Crippen molar-refractivity contribution < 1.29 is 9.59 Å². The summed E-state index contributed by atoms with van der Waals surface area (Å²) in [6.07, 6.45) is 4.09. The number of anilines is 1. The zero-order valence-corrected chi connectivity index (χ0v) is 23.5. The number of benzene rings is 1. The highest BCUT2D eigenvalue weighted by molar-refractivity contribution is 5.89. The second-order valence-corrected chi connectivity index (χ2v) is 11.2. The van der Waals surface area contributed by atoms with Crippen LogP contribution in [0.25, 0.3) is 5.69 Å². The summed E-state index contributed by atoms with van der Waals surface area (Å²) in [5.74, 6) is 0.811. The smallest absolute Gasteiger partial charge is 0.338 e. The van der Waals surface area contributed by atoms with Crippen LogP contribution in [0.1, 0.15) is 32.3 Å². The number of fused-ring (bicyclic) bond motifs is 1. The van der Waals surface area contributed by atoms with Gasteiger partial charge in [0.25, 0.3) is 0 Å². The number of nitrogens with one attached hydrogen (secondary N) is 2. The van der Waals surface area contributed by atoms with Gasteiger partial charge in [-0.05, 0) is 69.5 Å². The molecule has 0 aliphatic carbocycles. The number of rotatable bonds is 5. The summed E-state index contributed by atoms with van der Waals surface area (Å²) >= 11 is 0. The Bertz CT molecular complexity index is 1220. The molecule has 0 radical (unpaired) electrons. The second kappa shape index (κ2) is 12.0. The summed E-state index contributed by atoms with van der Waals surface area (Å²) < 4.78 is 1.47. The van der Waals surface area contributed by atoms with Crippen LogP contribution >= 0.6 is 12.4 Å². The normalized spacial score (nSPS) is 21.7. The third-order valence-corrected chi connectivity index (χ3v) is 7.80. The molecule has 0 unspecified atom stereocenters. The van der Waals surface area contributed by atoms with Gasteiger partial charge in [0.1, 0.15) is 5.82 Å². The van der Waals surface area contributed by atoms with Crippen molar-refractivity contribution in [2.24, 2.45) is 11.7 Å². The van der Waals surface area contributed by atoms with E-state index in [1.54, 1.807) is 35.9 Å². The highest BCUT2D eigenvalue weighted by Crippen LogP contribution is 2.25. The fourth-order valence-corrected chi connectivity index (χ4v) is 5.66. The lowest BCUT2D eigenvalue weighted by Crippen LogP contribution is -2.58. The van der Waals surface area contributed by atoms with Crippen LogP contribution in [-0.2, 0) is 11.3 Å². The molecule has 0 bridgehead atoms. The molecular weight excluding hydrogens is 520 g/mol. The van der Waals surface area contributed by atoms with Crippen LogP contribution in [0.3, 0.4) is 0 Å². The van der Waals surface area contributed by atoms with E-state index in [1.807, 2.05) is 12.1 Å². The molecule has 2 atom stereocenters. The number of carbonyl (C=O) groups is 2. The van der Waals surface area contributed by atoms with Crippen molar-refractivity contribution in [2.75, 3.05) is 51.1 Å². The van der Waals surface area contributed by atoms with E-state index in [0.29, 0.717) is 32.2 Å². The van der Waals surface area contributed by atoms with Crippen molar-refractivity contribution in [1.82, 2.24) is 29.6 Å². The lowest BCUT2D eigenvalue weighted by Gasteiger charge is -2.37. The van der Waals surface area contributed by atoms with Crippen LogP contribution in [0.5, 0.6) is 0 Å². The van der Waals surface area contributed by atoms with Crippen molar-refractivity contribution in [2.45, 2.75) is 44.8 Å². The minimum absolute atomic E-state index is 0. The lowest BCUT2D eigenvalue weighted by atomic mass is 9.93. The first kappa shape index (κ1) is 29.0. The fourth-order valence-electron chi connectivity index (χ4n) is 5.66. The minimum atomic E-state index is -0.941. The Labute approximate surface area is 235 Å². The zero-order chi connectivity index (χ0) is 26.9. The fraction of sp³-hybridized carbons (Fsp3) is 0.556. The first-order valence-corrected chi connectivity index (χ1v) is 13.5. The highest BCUT2D eigenvalue weighted by atomic mass is 35.5. The van der Waals surface area contributed by atoms with Crippen LogP contribution < -0.4 is 22.1 Å². The molecule has 0 spiro atoms. The van der Waals surface area contributed by atoms with E-state index in [2.05, 4.69) is 32.7 Å². The van der Waals surface area contributed by atoms with E-state index in [-0.39, 0.29) is 30.2 Å². The number of amides is 3. The van der Waals surface area contributed by atoms with Gasteiger partial charge in [-0.3, -0.25) is 19.6 Å². The first-order chi connectivity index (χ1) is 18.2. The van der Waals surface area contributed by atoms with Crippen LogP contribution in [0.15, 0.2) is 41.3 Å². The van der Waals surface area contributed by atoms with Crippen molar-refractivity contribution >= 4 is 30.2 Å². The van der Waals surface area contributed by atoms with Gasteiger partial charge >= 0.3 is 11.7 Å². The molecule has 1 aromatic carbocycles. The lowest BCUT2D eigenvalue weighted by molar-refractivity contribution is -0.137. The predicted molar refractivity (Wildman–Crippen MR) is 152 cm³/mol. The molecule has 212 valence electrons. The van der Waals surface area contributed by atoms with Gasteiger partial charge in [-0.2, -0.15) is 4.98 Å². The van der Waals surface area contributed by atoms with Gasteiger partial charge in [-0.1, -0.05) is 12.1 Å². The third-order valence-electron chi connectivity index (χ3n) is 7.80. The monoisotopic (exact) mass is 558 g/mol. The highest BCUT2D eigenvalue weighted by Gasteiger charge is 2.33. The van der Waals surface area contributed by atoms with Gasteiger partial charge in [-0.25, -0.2) is 9.59 Å². The first-order valence-electron chi connectivity index (χ1n) is 13.5. The number of carbonyl (C=O) groups excluding carboxylic acids is 2.